The highest BCUT2D eigenvalue weighted by Crippen LogP contribution is 2.42. The van der Waals surface area contributed by atoms with Gasteiger partial charge in [-0.15, -0.1) is 0 Å². The highest BCUT2D eigenvalue weighted by molar-refractivity contribution is 5.94. The van der Waals surface area contributed by atoms with Crippen LogP contribution in [0.4, 0.5) is 5.69 Å². The van der Waals surface area contributed by atoms with Gasteiger partial charge in [-0.2, -0.15) is 0 Å². The number of aliphatic hydroxyl groups is 2. The molecule has 4 rings (SSSR count). The number of nitrogens with one attached hydrogen (secondary N) is 1. The number of aliphatic hydroxyl groups excluding tert-OH is 2. The number of ether oxygens (including phenoxy) is 3. The SMILES string of the molecule is CC(=O)O[C@@H](C)C(=O)Nc1ccc([C@@H]2O[C@H](CN(C)C[C@@H](O)c3cccc(O)c3)[C@H](C)[C@H](c3ccc(CO)cc3)O2)cc1. The van der Waals surface area contributed by atoms with Gasteiger partial charge in [0, 0.05) is 37.2 Å². The lowest BCUT2D eigenvalue weighted by Crippen LogP contribution is -2.44. The predicted molar refractivity (Wildman–Crippen MR) is 160 cm³/mol. The number of phenolic OH excluding ortho intramolecular Hbond substituents is 1. The summed E-state index contributed by atoms with van der Waals surface area (Å²) < 4.78 is 17.9. The maximum absolute atomic E-state index is 12.4. The van der Waals surface area contributed by atoms with Crippen molar-refractivity contribution in [3.05, 3.63) is 95.1 Å². The zero-order valence-electron chi connectivity index (χ0n) is 24.8. The number of anilines is 1. The van der Waals surface area contributed by atoms with Crippen LogP contribution in [0.2, 0.25) is 0 Å². The summed E-state index contributed by atoms with van der Waals surface area (Å²) in [6.07, 6.45) is -3.02. The first-order valence-electron chi connectivity index (χ1n) is 14.3. The van der Waals surface area contributed by atoms with Crippen molar-refractivity contribution in [1.82, 2.24) is 4.90 Å². The topological polar surface area (TPSA) is 138 Å². The lowest BCUT2D eigenvalue weighted by molar-refractivity contribution is -0.276. The number of esters is 1. The molecule has 1 aliphatic heterocycles. The monoisotopic (exact) mass is 592 g/mol. The van der Waals surface area contributed by atoms with Gasteiger partial charge in [-0.25, -0.2) is 0 Å². The third-order valence-electron chi connectivity index (χ3n) is 7.52. The highest BCUT2D eigenvalue weighted by atomic mass is 16.7. The predicted octanol–water partition coefficient (Wildman–Crippen LogP) is 4.23. The summed E-state index contributed by atoms with van der Waals surface area (Å²) >= 11 is 0. The number of likely N-dealkylation sites (N-methyl/N-ethyl adjacent to an activating group) is 1. The summed E-state index contributed by atoms with van der Waals surface area (Å²) in [5, 5.41) is 32.8. The van der Waals surface area contributed by atoms with Crippen LogP contribution in [0, 0.1) is 5.92 Å². The molecule has 4 N–H and O–H groups in total. The van der Waals surface area contributed by atoms with Gasteiger partial charge < -0.3 is 39.7 Å². The summed E-state index contributed by atoms with van der Waals surface area (Å²) in [6.45, 7) is 5.60. The Labute approximate surface area is 251 Å². The molecule has 0 radical (unpaired) electrons. The van der Waals surface area contributed by atoms with Crippen LogP contribution in [0.25, 0.3) is 0 Å². The summed E-state index contributed by atoms with van der Waals surface area (Å²) in [6, 6.07) is 21.3. The van der Waals surface area contributed by atoms with Gasteiger partial charge >= 0.3 is 5.97 Å². The molecule has 230 valence electrons. The highest BCUT2D eigenvalue weighted by Gasteiger charge is 2.39. The number of rotatable bonds is 11. The van der Waals surface area contributed by atoms with Crippen LogP contribution >= 0.6 is 0 Å². The molecule has 43 heavy (non-hydrogen) atoms. The molecule has 0 bridgehead atoms. The van der Waals surface area contributed by atoms with Crippen molar-refractivity contribution in [3.8, 4) is 5.75 Å². The van der Waals surface area contributed by atoms with Crippen molar-refractivity contribution in [2.24, 2.45) is 5.92 Å². The van der Waals surface area contributed by atoms with Crippen molar-refractivity contribution in [2.45, 2.75) is 58.1 Å². The van der Waals surface area contributed by atoms with Gasteiger partial charge in [0.05, 0.1) is 24.9 Å². The molecule has 3 aromatic rings. The summed E-state index contributed by atoms with van der Waals surface area (Å²) in [5.74, 6) is -0.932. The first-order valence-corrected chi connectivity index (χ1v) is 14.3. The lowest BCUT2D eigenvalue weighted by Gasteiger charge is -2.42. The van der Waals surface area contributed by atoms with Crippen LogP contribution < -0.4 is 5.32 Å². The summed E-state index contributed by atoms with van der Waals surface area (Å²) in [7, 11) is 1.91. The normalized spacial score (nSPS) is 21.7. The van der Waals surface area contributed by atoms with E-state index in [4.69, 9.17) is 14.2 Å². The molecular formula is C33H40N2O8. The van der Waals surface area contributed by atoms with E-state index in [1.165, 1.54) is 13.8 Å². The van der Waals surface area contributed by atoms with Gasteiger partial charge in [-0.1, -0.05) is 55.5 Å². The molecule has 1 saturated heterocycles. The van der Waals surface area contributed by atoms with E-state index in [1.54, 1.807) is 36.4 Å². The number of nitrogens with zero attached hydrogens (tertiary/aromatic N) is 1. The molecular weight excluding hydrogens is 552 g/mol. The third kappa shape index (κ3) is 8.62. The largest absolute Gasteiger partial charge is 0.508 e. The molecule has 0 aromatic heterocycles. The van der Waals surface area contributed by atoms with E-state index in [9.17, 15) is 24.9 Å². The van der Waals surface area contributed by atoms with Gasteiger partial charge in [-0.3, -0.25) is 9.59 Å². The number of carbonyl (C=O) groups is 2. The smallest absolute Gasteiger partial charge is 0.303 e. The molecule has 1 heterocycles. The third-order valence-corrected chi connectivity index (χ3v) is 7.52. The van der Waals surface area contributed by atoms with Crippen molar-refractivity contribution in [2.75, 3.05) is 25.5 Å². The van der Waals surface area contributed by atoms with Crippen molar-refractivity contribution in [3.63, 3.8) is 0 Å². The quantitative estimate of drug-likeness (QED) is 0.241. The standard InChI is InChI=1S/C33H40N2O8/c1-20-30(18-35(4)17-29(39)26-6-5-7-28(38)16-26)42-33(43-31(20)24-10-8-23(19-36)9-11-24)25-12-14-27(15-13-25)34-32(40)21(2)41-22(3)37/h5-16,20-21,29-31,33,36,38-39H,17-19H2,1-4H3,(H,34,40)/t20-,21-,29+,30+,31+,33+/m0/s1. The van der Waals surface area contributed by atoms with Crippen molar-refractivity contribution < 1.29 is 39.1 Å². The average Bonchev–Trinajstić information content (AvgIpc) is 2.98. The summed E-state index contributed by atoms with van der Waals surface area (Å²) in [4.78, 5) is 25.5. The second-order valence-electron chi connectivity index (χ2n) is 11.0. The van der Waals surface area contributed by atoms with Crippen molar-refractivity contribution >= 4 is 17.6 Å². The molecule has 0 saturated carbocycles. The van der Waals surface area contributed by atoms with Crippen LogP contribution in [0.5, 0.6) is 5.75 Å². The molecule has 6 atom stereocenters. The number of hydrogen-bond acceptors (Lipinski definition) is 9. The molecule has 0 unspecified atom stereocenters. The zero-order chi connectivity index (χ0) is 31.1. The maximum Gasteiger partial charge on any atom is 0.303 e. The van der Waals surface area contributed by atoms with Crippen LogP contribution in [0.15, 0.2) is 72.8 Å². The fraction of sp³-hybridized carbons (Fsp3) is 0.394. The Morgan fingerprint density at radius 2 is 1.70 bits per heavy atom. The van der Waals surface area contributed by atoms with Crippen molar-refractivity contribution in [1.29, 1.82) is 0 Å². The fourth-order valence-corrected chi connectivity index (χ4v) is 5.11. The number of aromatic hydroxyl groups is 1. The first kappa shape index (κ1) is 32.1. The van der Waals surface area contributed by atoms with Gasteiger partial charge in [0.2, 0.25) is 0 Å². The Bertz CT molecular complexity index is 1360. The van der Waals surface area contributed by atoms with Crippen LogP contribution in [-0.4, -0.2) is 64.4 Å². The minimum Gasteiger partial charge on any atom is -0.508 e. The van der Waals surface area contributed by atoms with Gasteiger partial charge in [0.15, 0.2) is 12.4 Å². The number of carbonyl (C=O) groups excluding carboxylic acids is 2. The molecule has 1 aliphatic rings. The van der Waals surface area contributed by atoms with Gasteiger partial charge in [-0.05, 0) is 54.9 Å². The summed E-state index contributed by atoms with van der Waals surface area (Å²) in [5.41, 5.74) is 3.67. The molecule has 1 fully saturated rings. The van der Waals surface area contributed by atoms with E-state index < -0.39 is 30.4 Å². The minimum absolute atomic E-state index is 0.0510. The second kappa shape index (κ2) is 14.6. The van der Waals surface area contributed by atoms with E-state index in [1.807, 2.05) is 48.3 Å². The van der Waals surface area contributed by atoms with Gasteiger partial charge in [0.25, 0.3) is 5.91 Å². The number of phenols is 1. The van der Waals surface area contributed by atoms with E-state index in [-0.39, 0.29) is 30.5 Å². The van der Waals surface area contributed by atoms with Crippen LogP contribution in [0.1, 0.15) is 61.5 Å². The number of benzene rings is 3. The molecule has 3 aromatic carbocycles. The maximum atomic E-state index is 12.4. The molecule has 10 heteroatoms. The first-order chi connectivity index (χ1) is 20.5. The minimum atomic E-state index is -0.925. The van der Waals surface area contributed by atoms with E-state index >= 15 is 0 Å². The lowest BCUT2D eigenvalue weighted by atomic mass is 9.90. The number of hydrogen-bond donors (Lipinski definition) is 4. The zero-order valence-corrected chi connectivity index (χ0v) is 24.8. The van der Waals surface area contributed by atoms with E-state index in [2.05, 4.69) is 12.2 Å². The van der Waals surface area contributed by atoms with Crippen LogP contribution in [-0.2, 0) is 30.4 Å². The van der Waals surface area contributed by atoms with E-state index in [0.717, 1.165) is 16.7 Å². The van der Waals surface area contributed by atoms with Crippen LogP contribution in [0.3, 0.4) is 0 Å². The Balaban J connectivity index is 1.51. The Morgan fingerprint density at radius 3 is 2.33 bits per heavy atom. The fourth-order valence-electron chi connectivity index (χ4n) is 5.11. The average molecular weight is 593 g/mol. The number of amides is 1. The molecule has 0 spiro atoms. The van der Waals surface area contributed by atoms with Gasteiger partial charge in [0.1, 0.15) is 5.75 Å². The Hall–Kier alpha value is -3.80. The second-order valence-corrected chi connectivity index (χ2v) is 11.0. The molecule has 0 aliphatic carbocycles. The Morgan fingerprint density at radius 1 is 1.02 bits per heavy atom. The molecule has 1 amide bonds. The Kier molecular flexibility index (Phi) is 10.9. The molecule has 10 nitrogen and oxygen atoms in total. The van der Waals surface area contributed by atoms with E-state index in [0.29, 0.717) is 24.3 Å².